The van der Waals surface area contributed by atoms with Gasteiger partial charge >= 0.3 is 5.97 Å². The number of amides is 2. The molecule has 2 N–H and O–H groups in total. The molecule has 1 aliphatic heterocycles. The first-order valence-corrected chi connectivity index (χ1v) is 13.0. The van der Waals surface area contributed by atoms with Gasteiger partial charge < -0.3 is 19.9 Å². The lowest BCUT2D eigenvalue weighted by Crippen LogP contribution is -2.50. The van der Waals surface area contributed by atoms with Gasteiger partial charge in [0, 0.05) is 42.5 Å². The van der Waals surface area contributed by atoms with Crippen molar-refractivity contribution < 1.29 is 19.1 Å². The number of nitrogens with zero attached hydrogens (tertiary/aromatic N) is 1. The van der Waals surface area contributed by atoms with Crippen molar-refractivity contribution in [3.05, 3.63) is 36.0 Å². The minimum absolute atomic E-state index is 0.00455. The van der Waals surface area contributed by atoms with Gasteiger partial charge in [-0.1, -0.05) is 44.4 Å². The Morgan fingerprint density at radius 1 is 1.17 bits per heavy atom. The zero-order chi connectivity index (χ0) is 25.4. The standard InChI is InChI=1S/C28H41N3O4/c1-5-12-20(18-25(32)35-28(2,3)4)26(33)30-23-17-21-19-31(24-14-9-8-13-22(21)24)16-11-7-6-10-15-29-27(23)34/h8-9,13-14,19-20,23H,5-7,10-12,15-18H2,1-4H3,(H,29,34)(H,30,33)/t20-,23?/m1/s1. The van der Waals surface area contributed by atoms with E-state index in [-0.39, 0.29) is 18.2 Å². The molecule has 2 aromatic rings. The van der Waals surface area contributed by atoms with Crippen molar-refractivity contribution in [1.29, 1.82) is 0 Å². The number of hydrogen-bond acceptors (Lipinski definition) is 4. The van der Waals surface area contributed by atoms with Gasteiger partial charge in [-0.2, -0.15) is 0 Å². The molecule has 0 fully saturated rings. The molecule has 0 aliphatic carbocycles. The van der Waals surface area contributed by atoms with Crippen LogP contribution in [0.25, 0.3) is 10.9 Å². The molecule has 0 saturated heterocycles. The van der Waals surface area contributed by atoms with Crippen LogP contribution in [-0.4, -0.2) is 40.5 Å². The number of hydrogen-bond donors (Lipinski definition) is 2. The molecular formula is C28H41N3O4. The van der Waals surface area contributed by atoms with Crippen molar-refractivity contribution in [2.24, 2.45) is 5.92 Å². The van der Waals surface area contributed by atoms with Crippen molar-refractivity contribution >= 4 is 28.7 Å². The molecule has 2 atom stereocenters. The number of benzene rings is 1. The Morgan fingerprint density at radius 3 is 2.66 bits per heavy atom. The van der Waals surface area contributed by atoms with E-state index in [0.717, 1.165) is 55.1 Å². The summed E-state index contributed by atoms with van der Waals surface area (Å²) in [6, 6.07) is 7.51. The van der Waals surface area contributed by atoms with Gasteiger partial charge in [-0.3, -0.25) is 14.4 Å². The zero-order valence-corrected chi connectivity index (χ0v) is 21.7. The summed E-state index contributed by atoms with van der Waals surface area (Å²) in [4.78, 5) is 38.9. The molecule has 1 aliphatic rings. The molecule has 1 aromatic carbocycles. The Morgan fingerprint density at radius 2 is 1.91 bits per heavy atom. The van der Waals surface area contributed by atoms with Gasteiger partial charge in [0.1, 0.15) is 11.6 Å². The van der Waals surface area contributed by atoms with Gasteiger partial charge in [-0.15, -0.1) is 0 Å². The normalized spacial score (nSPS) is 18.5. The Kier molecular flexibility index (Phi) is 9.35. The second kappa shape index (κ2) is 12.2. The summed E-state index contributed by atoms with van der Waals surface area (Å²) in [6.45, 7) is 8.96. The molecular weight excluding hydrogens is 442 g/mol. The minimum Gasteiger partial charge on any atom is -0.460 e. The number of esters is 1. The van der Waals surface area contributed by atoms with Crippen molar-refractivity contribution in [3.63, 3.8) is 0 Å². The average molecular weight is 484 g/mol. The van der Waals surface area contributed by atoms with E-state index in [1.165, 1.54) is 0 Å². The second-order valence-corrected chi connectivity index (χ2v) is 10.6. The van der Waals surface area contributed by atoms with Crippen LogP contribution in [0.1, 0.15) is 78.2 Å². The summed E-state index contributed by atoms with van der Waals surface area (Å²) in [6.07, 6.45) is 8.01. The van der Waals surface area contributed by atoms with E-state index >= 15 is 0 Å². The number of rotatable bonds is 6. The molecule has 2 heterocycles. The monoisotopic (exact) mass is 483 g/mol. The molecule has 35 heavy (non-hydrogen) atoms. The van der Waals surface area contributed by atoms with Crippen LogP contribution in [0.2, 0.25) is 0 Å². The molecule has 2 amide bonds. The van der Waals surface area contributed by atoms with Crippen LogP contribution < -0.4 is 10.6 Å². The van der Waals surface area contributed by atoms with Crippen molar-refractivity contribution in [2.45, 2.75) is 97.2 Å². The predicted octanol–water partition coefficient (Wildman–Crippen LogP) is 4.51. The number of para-hydroxylation sites is 1. The first kappa shape index (κ1) is 26.8. The zero-order valence-electron chi connectivity index (χ0n) is 21.7. The highest BCUT2D eigenvalue weighted by molar-refractivity contribution is 5.91. The summed E-state index contributed by atoms with van der Waals surface area (Å²) < 4.78 is 7.71. The average Bonchev–Trinajstić information content (AvgIpc) is 3.13. The minimum atomic E-state index is -0.708. The lowest BCUT2D eigenvalue weighted by Gasteiger charge is -2.24. The second-order valence-electron chi connectivity index (χ2n) is 10.6. The number of carbonyl (C=O) groups excluding carboxylic acids is 3. The molecule has 7 nitrogen and oxygen atoms in total. The van der Waals surface area contributed by atoms with E-state index in [1.54, 1.807) is 0 Å². The van der Waals surface area contributed by atoms with E-state index in [4.69, 9.17) is 4.74 Å². The maximum absolute atomic E-state index is 13.3. The molecule has 3 rings (SSSR count). The summed E-state index contributed by atoms with van der Waals surface area (Å²) >= 11 is 0. The van der Waals surface area contributed by atoms with Crippen LogP contribution in [0.3, 0.4) is 0 Å². The van der Waals surface area contributed by atoms with Crippen LogP contribution in [-0.2, 0) is 32.1 Å². The first-order valence-electron chi connectivity index (χ1n) is 13.0. The smallest absolute Gasteiger partial charge is 0.307 e. The van der Waals surface area contributed by atoms with Crippen molar-refractivity contribution in [2.75, 3.05) is 6.54 Å². The fourth-order valence-electron chi connectivity index (χ4n) is 4.74. The molecule has 2 bridgehead atoms. The van der Waals surface area contributed by atoms with Gasteiger partial charge in [0.15, 0.2) is 0 Å². The fourth-order valence-corrected chi connectivity index (χ4v) is 4.74. The molecule has 0 spiro atoms. The molecule has 7 heteroatoms. The maximum Gasteiger partial charge on any atom is 0.307 e. The van der Waals surface area contributed by atoms with Gasteiger partial charge in [-0.25, -0.2) is 0 Å². The summed E-state index contributed by atoms with van der Waals surface area (Å²) in [7, 11) is 0. The number of nitrogens with one attached hydrogen (secondary N) is 2. The summed E-state index contributed by atoms with van der Waals surface area (Å²) in [5.41, 5.74) is 1.59. The Labute approximate surface area is 209 Å². The SMILES string of the molecule is CCC[C@H](CC(=O)OC(C)(C)C)C(=O)NC1Cc2cn(c3ccccc23)CCCCCCNC1=O. The third-order valence-corrected chi connectivity index (χ3v) is 6.39. The lowest BCUT2D eigenvalue weighted by molar-refractivity contribution is -0.157. The van der Waals surface area contributed by atoms with Crippen molar-refractivity contribution in [1.82, 2.24) is 15.2 Å². The van der Waals surface area contributed by atoms with Crippen LogP contribution in [0.4, 0.5) is 0 Å². The van der Waals surface area contributed by atoms with E-state index in [1.807, 2.05) is 39.8 Å². The highest BCUT2D eigenvalue weighted by atomic mass is 16.6. The number of aromatic nitrogens is 1. The van der Waals surface area contributed by atoms with Gasteiger partial charge in [0.05, 0.1) is 6.42 Å². The molecule has 0 radical (unpaired) electrons. The Bertz CT molecular complexity index is 1020. The Balaban J connectivity index is 1.83. The largest absolute Gasteiger partial charge is 0.460 e. The van der Waals surface area contributed by atoms with Gasteiger partial charge in [0.2, 0.25) is 11.8 Å². The third-order valence-electron chi connectivity index (χ3n) is 6.39. The van der Waals surface area contributed by atoms with Crippen LogP contribution >= 0.6 is 0 Å². The predicted molar refractivity (Wildman–Crippen MR) is 138 cm³/mol. The van der Waals surface area contributed by atoms with E-state index in [0.29, 0.717) is 19.4 Å². The number of fused-ring (bicyclic) bond motifs is 5. The molecule has 0 saturated carbocycles. The molecule has 192 valence electrons. The number of ether oxygens (including phenoxy) is 1. The topological polar surface area (TPSA) is 89.4 Å². The van der Waals surface area contributed by atoms with Gasteiger partial charge in [0.25, 0.3) is 0 Å². The van der Waals surface area contributed by atoms with Gasteiger partial charge in [-0.05, 0) is 51.7 Å². The number of aryl methyl sites for hydroxylation is 1. The van der Waals surface area contributed by atoms with Crippen LogP contribution in [0.5, 0.6) is 0 Å². The number of carbonyl (C=O) groups is 3. The maximum atomic E-state index is 13.3. The highest BCUT2D eigenvalue weighted by Gasteiger charge is 2.29. The first-order chi connectivity index (χ1) is 16.7. The fraction of sp³-hybridized carbons (Fsp3) is 0.607. The summed E-state index contributed by atoms with van der Waals surface area (Å²) in [5, 5.41) is 7.11. The van der Waals surface area contributed by atoms with Crippen LogP contribution in [0.15, 0.2) is 30.5 Å². The van der Waals surface area contributed by atoms with E-state index in [9.17, 15) is 14.4 Å². The molecule has 1 unspecified atom stereocenters. The Hall–Kier alpha value is -2.83. The summed E-state index contributed by atoms with van der Waals surface area (Å²) in [5.74, 6) is -1.38. The quantitative estimate of drug-likeness (QED) is 0.592. The lowest BCUT2D eigenvalue weighted by atomic mass is 9.97. The van der Waals surface area contributed by atoms with Crippen molar-refractivity contribution in [3.8, 4) is 0 Å². The molecule has 1 aromatic heterocycles. The van der Waals surface area contributed by atoms with E-state index in [2.05, 4.69) is 33.5 Å². The van der Waals surface area contributed by atoms with E-state index < -0.39 is 23.5 Å². The third kappa shape index (κ3) is 7.84. The highest BCUT2D eigenvalue weighted by Crippen LogP contribution is 2.24. The van der Waals surface area contributed by atoms with Crippen LogP contribution in [0, 0.1) is 5.92 Å².